The van der Waals surface area contributed by atoms with Crippen molar-refractivity contribution < 1.29 is 8.78 Å². The van der Waals surface area contributed by atoms with E-state index in [1.165, 1.54) is 17.0 Å². The Hall–Kier alpha value is -1.23. The number of nitrogens with zero attached hydrogens (tertiary/aromatic N) is 1. The predicted octanol–water partition coefficient (Wildman–Crippen LogP) is 2.81. The van der Waals surface area contributed by atoms with Gasteiger partial charge in [0.25, 0.3) is 0 Å². The molecule has 1 aromatic rings. The highest BCUT2D eigenvalue weighted by Crippen LogP contribution is 2.25. The maximum absolute atomic E-state index is 13.1. The molecule has 0 spiro atoms. The van der Waals surface area contributed by atoms with Crippen molar-refractivity contribution in [3.8, 4) is 0 Å². The van der Waals surface area contributed by atoms with Gasteiger partial charge in [-0.1, -0.05) is 0 Å². The molecule has 0 heterocycles. The molecule has 0 aromatic heterocycles. The van der Waals surface area contributed by atoms with Crippen LogP contribution in [0.1, 0.15) is 20.8 Å². The third-order valence-corrected chi connectivity index (χ3v) is 2.18. The molecular formula is C11H14F2N2S. The Morgan fingerprint density at radius 2 is 1.62 bits per heavy atom. The van der Waals surface area contributed by atoms with E-state index in [1.807, 2.05) is 20.8 Å². The van der Waals surface area contributed by atoms with Crippen molar-refractivity contribution in [2.45, 2.75) is 26.3 Å². The molecule has 0 atom stereocenters. The zero-order chi connectivity index (χ0) is 12.5. The highest BCUT2D eigenvalue weighted by molar-refractivity contribution is 7.80. The second-order valence-electron chi connectivity index (χ2n) is 4.47. The maximum atomic E-state index is 13.1. The zero-order valence-corrected chi connectivity index (χ0v) is 10.2. The van der Waals surface area contributed by atoms with Crippen LogP contribution < -0.4 is 10.6 Å². The number of halogens is 2. The molecule has 0 saturated heterocycles. The molecule has 2 N–H and O–H groups in total. The van der Waals surface area contributed by atoms with Crippen LogP contribution in [0.4, 0.5) is 14.5 Å². The number of nitrogens with two attached hydrogens (primary N) is 1. The highest BCUT2D eigenvalue weighted by Gasteiger charge is 2.24. The van der Waals surface area contributed by atoms with Gasteiger partial charge in [0.05, 0.1) is 0 Å². The first-order chi connectivity index (χ1) is 7.21. The lowest BCUT2D eigenvalue weighted by Gasteiger charge is -2.36. The van der Waals surface area contributed by atoms with E-state index in [0.717, 1.165) is 6.07 Å². The van der Waals surface area contributed by atoms with E-state index in [1.54, 1.807) is 0 Å². The van der Waals surface area contributed by atoms with Crippen LogP contribution in [0.5, 0.6) is 0 Å². The van der Waals surface area contributed by atoms with Crippen molar-refractivity contribution in [2.24, 2.45) is 5.73 Å². The summed E-state index contributed by atoms with van der Waals surface area (Å²) < 4.78 is 26.2. The predicted molar refractivity (Wildman–Crippen MR) is 65.4 cm³/mol. The van der Waals surface area contributed by atoms with E-state index >= 15 is 0 Å². The number of rotatable bonds is 1. The smallest absolute Gasteiger partial charge is 0.171 e. The summed E-state index contributed by atoms with van der Waals surface area (Å²) in [5.41, 5.74) is 5.45. The van der Waals surface area contributed by atoms with Gasteiger partial charge in [0, 0.05) is 17.3 Å². The highest BCUT2D eigenvalue weighted by atomic mass is 32.1. The summed E-state index contributed by atoms with van der Waals surface area (Å²) in [6, 6.07) is 3.21. The Morgan fingerprint density at radius 3 is 1.94 bits per heavy atom. The first-order valence-corrected chi connectivity index (χ1v) is 5.18. The Morgan fingerprint density at radius 1 is 1.19 bits per heavy atom. The fraction of sp³-hybridized carbons (Fsp3) is 0.364. The van der Waals surface area contributed by atoms with Gasteiger partial charge in [-0.05, 0) is 45.1 Å². The molecule has 0 unspecified atom stereocenters. The molecule has 1 rings (SSSR count). The van der Waals surface area contributed by atoms with Crippen LogP contribution in [0.25, 0.3) is 0 Å². The second-order valence-corrected chi connectivity index (χ2v) is 4.89. The fourth-order valence-corrected chi connectivity index (χ4v) is 1.89. The van der Waals surface area contributed by atoms with Crippen molar-refractivity contribution >= 4 is 23.0 Å². The van der Waals surface area contributed by atoms with Crippen molar-refractivity contribution in [1.82, 2.24) is 0 Å². The molecule has 0 aliphatic rings. The third-order valence-electron chi connectivity index (χ3n) is 2.00. The molecular weight excluding hydrogens is 230 g/mol. The Balaban J connectivity index is 3.27. The van der Waals surface area contributed by atoms with E-state index in [-0.39, 0.29) is 5.11 Å². The van der Waals surface area contributed by atoms with E-state index in [0.29, 0.717) is 5.69 Å². The molecule has 0 bridgehead atoms. The first kappa shape index (κ1) is 12.8. The van der Waals surface area contributed by atoms with Gasteiger partial charge in [0.15, 0.2) is 5.11 Å². The molecule has 0 amide bonds. The van der Waals surface area contributed by atoms with Crippen LogP contribution >= 0.6 is 12.2 Å². The molecule has 88 valence electrons. The average Bonchev–Trinajstić information content (AvgIpc) is 1.96. The summed E-state index contributed by atoms with van der Waals surface area (Å²) in [6.45, 7) is 5.57. The van der Waals surface area contributed by atoms with Crippen LogP contribution in [0.15, 0.2) is 18.2 Å². The summed E-state index contributed by atoms with van der Waals surface area (Å²) in [4.78, 5) is 1.51. The second kappa shape index (κ2) is 4.33. The molecule has 1 aromatic carbocycles. The lowest BCUT2D eigenvalue weighted by Crippen LogP contribution is -2.48. The van der Waals surface area contributed by atoms with Gasteiger partial charge in [-0.3, -0.25) is 0 Å². The van der Waals surface area contributed by atoms with Gasteiger partial charge >= 0.3 is 0 Å². The average molecular weight is 244 g/mol. The lowest BCUT2D eigenvalue weighted by molar-refractivity contribution is 0.558. The van der Waals surface area contributed by atoms with Gasteiger partial charge in [0.1, 0.15) is 11.6 Å². The quantitative estimate of drug-likeness (QED) is 0.770. The standard InChI is InChI=1S/C11H14F2N2S/c1-11(2,3)15(10(14)16)9-5-7(12)4-8(13)6-9/h4-6H,1-3H3,(H2,14,16). The molecule has 16 heavy (non-hydrogen) atoms. The Kier molecular flexibility index (Phi) is 3.48. The van der Waals surface area contributed by atoms with Gasteiger partial charge < -0.3 is 10.6 Å². The SMILES string of the molecule is CC(C)(C)N(C(N)=S)c1cc(F)cc(F)c1. The number of benzene rings is 1. The van der Waals surface area contributed by atoms with Gasteiger partial charge in [-0.15, -0.1) is 0 Å². The minimum absolute atomic E-state index is 0.0810. The topological polar surface area (TPSA) is 29.3 Å². The molecule has 0 radical (unpaired) electrons. The van der Waals surface area contributed by atoms with Crippen LogP contribution in [0.3, 0.4) is 0 Å². The van der Waals surface area contributed by atoms with E-state index in [9.17, 15) is 8.78 Å². The first-order valence-electron chi connectivity index (χ1n) is 4.77. The normalized spacial score (nSPS) is 11.3. The zero-order valence-electron chi connectivity index (χ0n) is 9.42. The van der Waals surface area contributed by atoms with Crippen LogP contribution in [-0.2, 0) is 0 Å². The number of hydrogen-bond donors (Lipinski definition) is 1. The maximum Gasteiger partial charge on any atom is 0.171 e. The molecule has 0 aliphatic heterocycles. The summed E-state index contributed by atoms with van der Waals surface area (Å²) >= 11 is 4.89. The fourth-order valence-electron chi connectivity index (χ4n) is 1.51. The van der Waals surface area contributed by atoms with Crippen molar-refractivity contribution in [3.63, 3.8) is 0 Å². The molecule has 2 nitrogen and oxygen atoms in total. The van der Waals surface area contributed by atoms with Gasteiger partial charge in [-0.25, -0.2) is 8.78 Å². The Labute approximate surface area is 99.0 Å². The minimum atomic E-state index is -0.652. The summed E-state index contributed by atoms with van der Waals surface area (Å²) in [5.74, 6) is -1.30. The summed E-state index contributed by atoms with van der Waals surface area (Å²) in [7, 11) is 0. The molecule has 0 aliphatic carbocycles. The van der Waals surface area contributed by atoms with Crippen LogP contribution in [-0.4, -0.2) is 10.7 Å². The van der Waals surface area contributed by atoms with E-state index in [4.69, 9.17) is 18.0 Å². The summed E-state index contributed by atoms with van der Waals surface area (Å²) in [5, 5.41) is 0.0810. The van der Waals surface area contributed by atoms with Gasteiger partial charge in [-0.2, -0.15) is 0 Å². The van der Waals surface area contributed by atoms with E-state index < -0.39 is 17.2 Å². The molecule has 0 saturated carbocycles. The van der Waals surface area contributed by atoms with Crippen LogP contribution in [0.2, 0.25) is 0 Å². The monoisotopic (exact) mass is 244 g/mol. The lowest BCUT2D eigenvalue weighted by atomic mass is 10.1. The minimum Gasteiger partial charge on any atom is -0.376 e. The van der Waals surface area contributed by atoms with Crippen molar-refractivity contribution in [1.29, 1.82) is 0 Å². The number of thiocarbonyl (C=S) groups is 1. The van der Waals surface area contributed by atoms with Crippen molar-refractivity contribution in [3.05, 3.63) is 29.8 Å². The molecule has 0 fully saturated rings. The number of hydrogen-bond acceptors (Lipinski definition) is 1. The van der Waals surface area contributed by atoms with Gasteiger partial charge in [0.2, 0.25) is 0 Å². The van der Waals surface area contributed by atoms with Crippen LogP contribution in [0, 0.1) is 11.6 Å². The Bertz CT molecular complexity index is 393. The molecule has 5 heteroatoms. The number of anilines is 1. The summed E-state index contributed by atoms with van der Waals surface area (Å²) in [6.07, 6.45) is 0. The third kappa shape index (κ3) is 2.88. The van der Waals surface area contributed by atoms with E-state index in [2.05, 4.69) is 0 Å². The van der Waals surface area contributed by atoms with Crippen molar-refractivity contribution in [2.75, 3.05) is 4.90 Å². The largest absolute Gasteiger partial charge is 0.376 e.